The fourth-order valence-corrected chi connectivity index (χ4v) is 3.42. The lowest BCUT2D eigenvalue weighted by Crippen LogP contribution is -2.19. The van der Waals surface area contributed by atoms with E-state index in [0.29, 0.717) is 37.8 Å². The molecule has 0 saturated carbocycles. The number of methoxy groups -OCH3 is 1. The van der Waals surface area contributed by atoms with E-state index in [4.69, 9.17) is 14.2 Å². The molecule has 3 heterocycles. The molecule has 1 aromatic carbocycles. The summed E-state index contributed by atoms with van der Waals surface area (Å²) < 4.78 is 19.0. The van der Waals surface area contributed by atoms with Crippen LogP contribution in [0.5, 0.6) is 17.2 Å². The molecule has 0 radical (unpaired) electrons. The molecule has 1 aromatic heterocycles. The molecule has 7 nitrogen and oxygen atoms in total. The van der Waals surface area contributed by atoms with Gasteiger partial charge in [-0.05, 0) is 30.5 Å². The first-order valence-electron chi connectivity index (χ1n) is 8.93. The van der Waals surface area contributed by atoms with Gasteiger partial charge in [0.25, 0.3) is 0 Å². The molecule has 2 aliphatic heterocycles. The van der Waals surface area contributed by atoms with Crippen LogP contribution >= 0.6 is 0 Å². The van der Waals surface area contributed by atoms with Gasteiger partial charge in [-0.25, -0.2) is 0 Å². The molecule has 7 heteroatoms. The molecular weight excluding hydrogens is 320 g/mol. The Kier molecular flexibility index (Phi) is 4.74. The van der Waals surface area contributed by atoms with E-state index < -0.39 is 0 Å². The summed E-state index contributed by atoms with van der Waals surface area (Å²) >= 11 is 0. The van der Waals surface area contributed by atoms with Crippen LogP contribution in [-0.2, 0) is 26.1 Å². The van der Waals surface area contributed by atoms with Gasteiger partial charge in [0.05, 0.1) is 13.7 Å². The Morgan fingerprint density at radius 2 is 2.04 bits per heavy atom. The van der Waals surface area contributed by atoms with Crippen molar-refractivity contribution in [2.45, 2.75) is 45.3 Å². The van der Waals surface area contributed by atoms with Gasteiger partial charge < -0.3 is 24.1 Å². The molecule has 134 valence electrons. The van der Waals surface area contributed by atoms with Gasteiger partial charge in [0, 0.05) is 19.5 Å². The molecule has 0 amide bonds. The average molecular weight is 344 g/mol. The summed E-state index contributed by atoms with van der Waals surface area (Å²) in [4.78, 5) is 0. The maximum atomic E-state index is 5.69. The van der Waals surface area contributed by atoms with Crippen LogP contribution in [0.2, 0.25) is 0 Å². The molecule has 0 unspecified atom stereocenters. The Hall–Kier alpha value is -2.28. The van der Waals surface area contributed by atoms with Crippen molar-refractivity contribution in [3.05, 3.63) is 29.3 Å². The predicted octanol–water partition coefficient (Wildman–Crippen LogP) is 2.07. The summed E-state index contributed by atoms with van der Waals surface area (Å²) in [5.74, 6) is 4.29. The lowest BCUT2D eigenvalue weighted by atomic mass is 10.1. The van der Waals surface area contributed by atoms with Crippen molar-refractivity contribution in [1.82, 2.24) is 20.1 Å². The Bertz CT molecular complexity index is 727. The predicted molar refractivity (Wildman–Crippen MR) is 92.1 cm³/mol. The molecule has 0 bridgehead atoms. The minimum atomic E-state index is 0.555. The number of benzene rings is 1. The smallest absolute Gasteiger partial charge is 0.203 e. The number of hydrogen-bond donors (Lipinski definition) is 1. The third kappa shape index (κ3) is 3.42. The van der Waals surface area contributed by atoms with Crippen LogP contribution in [0.3, 0.4) is 0 Å². The van der Waals surface area contributed by atoms with E-state index in [1.807, 2.05) is 12.1 Å². The zero-order valence-corrected chi connectivity index (χ0v) is 14.6. The van der Waals surface area contributed by atoms with E-state index in [0.717, 1.165) is 35.9 Å². The average Bonchev–Trinajstić information content (AvgIpc) is 2.88. The summed E-state index contributed by atoms with van der Waals surface area (Å²) in [6.07, 6.45) is 4.72. The van der Waals surface area contributed by atoms with Crippen LogP contribution in [0.25, 0.3) is 0 Å². The zero-order valence-electron chi connectivity index (χ0n) is 14.6. The second-order valence-electron chi connectivity index (χ2n) is 6.42. The van der Waals surface area contributed by atoms with Gasteiger partial charge in [-0.1, -0.05) is 6.42 Å². The number of aromatic nitrogens is 3. The Morgan fingerprint density at radius 3 is 2.96 bits per heavy atom. The minimum Gasteiger partial charge on any atom is -0.493 e. The molecular formula is C18H24N4O3. The Labute approximate surface area is 147 Å². The highest BCUT2D eigenvalue weighted by molar-refractivity contribution is 5.54. The first-order valence-corrected chi connectivity index (χ1v) is 8.93. The van der Waals surface area contributed by atoms with Crippen molar-refractivity contribution in [2.75, 3.05) is 20.3 Å². The van der Waals surface area contributed by atoms with Crippen LogP contribution in [-0.4, -0.2) is 35.1 Å². The lowest BCUT2D eigenvalue weighted by molar-refractivity contribution is 0.165. The van der Waals surface area contributed by atoms with Gasteiger partial charge in [-0.15, -0.1) is 10.2 Å². The maximum absolute atomic E-state index is 5.69. The van der Waals surface area contributed by atoms with Crippen LogP contribution < -0.4 is 19.5 Å². The quantitative estimate of drug-likeness (QED) is 0.895. The summed E-state index contributed by atoms with van der Waals surface area (Å²) in [7, 11) is 1.65. The Balaban J connectivity index is 1.43. The topological polar surface area (TPSA) is 70.4 Å². The number of nitrogens with one attached hydrogen (secondary N) is 1. The van der Waals surface area contributed by atoms with E-state index in [-0.39, 0.29) is 0 Å². The van der Waals surface area contributed by atoms with Gasteiger partial charge in [0.2, 0.25) is 5.75 Å². The van der Waals surface area contributed by atoms with Crippen molar-refractivity contribution >= 4 is 0 Å². The van der Waals surface area contributed by atoms with Gasteiger partial charge >= 0.3 is 0 Å². The molecule has 25 heavy (non-hydrogen) atoms. The van der Waals surface area contributed by atoms with Crippen LogP contribution in [0.1, 0.15) is 36.5 Å². The summed E-state index contributed by atoms with van der Waals surface area (Å²) in [5.41, 5.74) is 1.09. The van der Waals surface area contributed by atoms with E-state index in [1.165, 1.54) is 19.3 Å². The number of rotatable bonds is 5. The highest BCUT2D eigenvalue weighted by Crippen LogP contribution is 2.40. The number of hydrogen-bond acceptors (Lipinski definition) is 6. The fourth-order valence-electron chi connectivity index (χ4n) is 3.42. The molecule has 2 aromatic rings. The molecule has 0 aliphatic carbocycles. The van der Waals surface area contributed by atoms with E-state index in [1.54, 1.807) is 7.11 Å². The molecule has 0 saturated heterocycles. The second kappa shape index (κ2) is 7.31. The number of nitrogens with zero attached hydrogens (tertiary/aromatic N) is 3. The van der Waals surface area contributed by atoms with Crippen molar-refractivity contribution in [3.8, 4) is 17.2 Å². The molecule has 0 spiro atoms. The highest BCUT2D eigenvalue weighted by atomic mass is 16.6. The molecule has 4 rings (SSSR count). The third-order valence-electron chi connectivity index (χ3n) is 4.69. The molecule has 0 fully saturated rings. The van der Waals surface area contributed by atoms with Crippen molar-refractivity contribution in [3.63, 3.8) is 0 Å². The van der Waals surface area contributed by atoms with Gasteiger partial charge in [-0.2, -0.15) is 0 Å². The first-order chi connectivity index (χ1) is 12.3. The number of fused-ring (bicyclic) bond motifs is 2. The fraction of sp³-hybridized carbons (Fsp3) is 0.556. The SMILES string of the molecule is COc1cc(CNCc2nnc3n2CCCCC3)cc2c1OCCO2. The number of aryl methyl sites for hydroxylation is 1. The highest BCUT2D eigenvalue weighted by Gasteiger charge is 2.19. The van der Waals surface area contributed by atoms with E-state index in [9.17, 15) is 0 Å². The van der Waals surface area contributed by atoms with Crippen molar-refractivity contribution < 1.29 is 14.2 Å². The lowest BCUT2D eigenvalue weighted by Gasteiger charge is -2.21. The van der Waals surface area contributed by atoms with Gasteiger partial charge in [-0.3, -0.25) is 0 Å². The second-order valence-corrected chi connectivity index (χ2v) is 6.42. The monoisotopic (exact) mass is 344 g/mol. The molecule has 1 N–H and O–H groups in total. The standard InChI is InChI=1S/C18H24N4O3/c1-23-14-9-13(10-15-18(14)25-8-7-24-15)11-19-12-17-21-20-16-5-3-2-4-6-22(16)17/h9-10,19H,2-8,11-12H2,1H3. The maximum Gasteiger partial charge on any atom is 0.203 e. The van der Waals surface area contributed by atoms with Crippen molar-refractivity contribution in [2.24, 2.45) is 0 Å². The summed E-state index contributed by atoms with van der Waals surface area (Å²) in [5, 5.41) is 12.2. The zero-order chi connectivity index (χ0) is 17.1. The Morgan fingerprint density at radius 1 is 1.12 bits per heavy atom. The largest absolute Gasteiger partial charge is 0.493 e. The molecule has 2 aliphatic rings. The third-order valence-corrected chi connectivity index (χ3v) is 4.69. The normalized spacial score (nSPS) is 16.2. The number of ether oxygens (including phenoxy) is 3. The van der Waals surface area contributed by atoms with Crippen molar-refractivity contribution in [1.29, 1.82) is 0 Å². The first kappa shape index (κ1) is 16.2. The minimum absolute atomic E-state index is 0.555. The van der Waals surface area contributed by atoms with Crippen LogP contribution in [0, 0.1) is 0 Å². The van der Waals surface area contributed by atoms with Gasteiger partial charge in [0.1, 0.15) is 24.9 Å². The van der Waals surface area contributed by atoms with Crippen LogP contribution in [0.15, 0.2) is 12.1 Å². The molecule has 0 atom stereocenters. The van der Waals surface area contributed by atoms with E-state index in [2.05, 4.69) is 20.1 Å². The van der Waals surface area contributed by atoms with Gasteiger partial charge in [0.15, 0.2) is 11.5 Å². The van der Waals surface area contributed by atoms with Crippen LogP contribution in [0.4, 0.5) is 0 Å². The van der Waals surface area contributed by atoms with E-state index >= 15 is 0 Å². The summed E-state index contributed by atoms with van der Waals surface area (Å²) in [6.45, 7) is 3.55. The summed E-state index contributed by atoms with van der Waals surface area (Å²) in [6, 6.07) is 4.00.